The van der Waals surface area contributed by atoms with E-state index in [9.17, 15) is 24.8 Å². The number of ketones is 1. The van der Waals surface area contributed by atoms with Gasteiger partial charge in [0.05, 0.1) is 30.8 Å². The van der Waals surface area contributed by atoms with E-state index in [0.717, 1.165) is 4.90 Å². The number of aliphatic hydroxyl groups excluding tert-OH is 1. The number of nitro benzene ring substituents is 1. The van der Waals surface area contributed by atoms with Crippen molar-refractivity contribution < 1.29 is 33.6 Å². The van der Waals surface area contributed by atoms with Crippen LogP contribution in [-0.4, -0.2) is 41.1 Å². The average molecular weight is 465 g/mol. The fourth-order valence-corrected chi connectivity index (χ4v) is 3.77. The number of carbonyl (C=O) groups excluding carboxylic acids is 2. The van der Waals surface area contributed by atoms with Crippen molar-refractivity contribution in [1.82, 2.24) is 5.16 Å². The average Bonchev–Trinajstić information content (AvgIpc) is 3.38. The lowest BCUT2D eigenvalue weighted by molar-refractivity contribution is -0.384. The molecule has 0 saturated carbocycles. The van der Waals surface area contributed by atoms with Crippen molar-refractivity contribution >= 4 is 29.0 Å². The molecule has 1 aliphatic rings. The van der Waals surface area contributed by atoms with Gasteiger partial charge in [-0.1, -0.05) is 5.16 Å². The van der Waals surface area contributed by atoms with E-state index in [1.807, 2.05) is 0 Å². The summed E-state index contributed by atoms with van der Waals surface area (Å²) in [6.45, 7) is 1.62. The van der Waals surface area contributed by atoms with Crippen molar-refractivity contribution in [1.29, 1.82) is 0 Å². The molecule has 0 bridgehead atoms. The van der Waals surface area contributed by atoms with E-state index in [1.165, 1.54) is 56.7 Å². The molecule has 2 heterocycles. The number of aryl methyl sites for hydroxylation is 1. The highest BCUT2D eigenvalue weighted by atomic mass is 16.6. The van der Waals surface area contributed by atoms with Crippen LogP contribution in [0.2, 0.25) is 0 Å². The number of Topliss-reactive ketones (excluding diaryl/α,β-unsaturated/α-hetero) is 1. The molecular weight excluding hydrogens is 446 g/mol. The van der Waals surface area contributed by atoms with Gasteiger partial charge in [0.25, 0.3) is 11.5 Å². The van der Waals surface area contributed by atoms with Crippen LogP contribution in [0.25, 0.3) is 5.76 Å². The van der Waals surface area contributed by atoms with Gasteiger partial charge in [-0.25, -0.2) is 0 Å². The molecular formula is C23H19N3O8. The summed E-state index contributed by atoms with van der Waals surface area (Å²) >= 11 is 0. The molecule has 11 heteroatoms. The van der Waals surface area contributed by atoms with Crippen molar-refractivity contribution in [3.63, 3.8) is 0 Å². The first kappa shape index (κ1) is 22.5. The molecule has 1 N–H and O–H groups in total. The molecule has 0 spiro atoms. The largest absolute Gasteiger partial charge is 0.507 e. The molecule has 1 unspecified atom stereocenters. The second-order valence-electron chi connectivity index (χ2n) is 7.38. The van der Waals surface area contributed by atoms with Crippen molar-refractivity contribution in [3.8, 4) is 11.5 Å². The first-order chi connectivity index (χ1) is 16.3. The van der Waals surface area contributed by atoms with Gasteiger partial charge in [-0.3, -0.25) is 24.6 Å². The van der Waals surface area contributed by atoms with Gasteiger partial charge in [0.2, 0.25) is 0 Å². The minimum atomic E-state index is -1.11. The zero-order chi connectivity index (χ0) is 24.6. The third-order valence-corrected chi connectivity index (χ3v) is 5.38. The highest BCUT2D eigenvalue weighted by Gasteiger charge is 2.48. The maximum Gasteiger partial charge on any atom is 0.301 e. The Hall–Kier alpha value is -4.67. The Bertz CT molecular complexity index is 1330. The van der Waals surface area contributed by atoms with Crippen LogP contribution >= 0.6 is 0 Å². The van der Waals surface area contributed by atoms with Crippen LogP contribution in [0.1, 0.15) is 22.9 Å². The molecule has 1 amide bonds. The number of methoxy groups -OCH3 is 2. The zero-order valence-electron chi connectivity index (χ0n) is 18.3. The van der Waals surface area contributed by atoms with Gasteiger partial charge in [-0.05, 0) is 42.8 Å². The molecule has 34 heavy (non-hydrogen) atoms. The summed E-state index contributed by atoms with van der Waals surface area (Å²) in [6.07, 6.45) is 0. The number of amides is 1. The van der Waals surface area contributed by atoms with Gasteiger partial charge in [0, 0.05) is 23.8 Å². The van der Waals surface area contributed by atoms with Crippen LogP contribution in [0, 0.1) is 17.0 Å². The predicted molar refractivity (Wildman–Crippen MR) is 119 cm³/mol. The summed E-state index contributed by atoms with van der Waals surface area (Å²) in [5.74, 6) is -1.15. The van der Waals surface area contributed by atoms with Gasteiger partial charge < -0.3 is 19.1 Å². The molecule has 174 valence electrons. The molecule has 1 fully saturated rings. The van der Waals surface area contributed by atoms with E-state index < -0.39 is 28.4 Å². The standard InChI is InChI=1S/C23H19N3O8/c1-12-10-18(24-34-12)25-20(13-4-7-15(8-5-13)26(30)31)19(22(28)23(25)29)21(27)14-6-9-16(32-2)17(11-14)33-3/h4-11,20,27H,1-3H3/b21-19+. The van der Waals surface area contributed by atoms with Gasteiger partial charge in [-0.15, -0.1) is 0 Å². The van der Waals surface area contributed by atoms with Crippen LogP contribution in [0.3, 0.4) is 0 Å². The number of hydrogen-bond acceptors (Lipinski definition) is 9. The normalized spacial score (nSPS) is 17.1. The lowest BCUT2D eigenvalue weighted by Gasteiger charge is -2.22. The Morgan fingerprint density at radius 1 is 1.09 bits per heavy atom. The van der Waals surface area contributed by atoms with Crippen molar-refractivity contribution in [2.45, 2.75) is 13.0 Å². The van der Waals surface area contributed by atoms with Gasteiger partial charge in [0.15, 0.2) is 17.3 Å². The SMILES string of the molecule is COc1ccc(/C(O)=C2\C(=O)C(=O)N(c3cc(C)on3)C2c2ccc([N+](=O)[O-])cc2)cc1OC. The quantitative estimate of drug-likeness (QED) is 0.190. The minimum Gasteiger partial charge on any atom is -0.507 e. The molecule has 0 radical (unpaired) electrons. The number of aromatic nitrogens is 1. The van der Waals surface area contributed by atoms with Gasteiger partial charge in [0.1, 0.15) is 11.5 Å². The van der Waals surface area contributed by atoms with Gasteiger partial charge in [-0.2, -0.15) is 0 Å². The number of non-ortho nitro benzene ring substituents is 1. The van der Waals surface area contributed by atoms with Crippen molar-refractivity contribution in [2.75, 3.05) is 19.1 Å². The van der Waals surface area contributed by atoms with Crippen LogP contribution in [0.5, 0.6) is 11.5 Å². The molecule has 1 aliphatic heterocycles. The second-order valence-corrected chi connectivity index (χ2v) is 7.38. The molecule has 1 aromatic heterocycles. The Labute approximate surface area is 192 Å². The van der Waals surface area contributed by atoms with Crippen molar-refractivity contribution in [3.05, 3.63) is 81.1 Å². The van der Waals surface area contributed by atoms with E-state index in [4.69, 9.17) is 14.0 Å². The molecule has 2 aromatic carbocycles. The number of benzene rings is 2. The summed E-state index contributed by atoms with van der Waals surface area (Å²) in [4.78, 5) is 37.8. The highest BCUT2D eigenvalue weighted by Crippen LogP contribution is 2.43. The lowest BCUT2D eigenvalue weighted by atomic mass is 9.95. The predicted octanol–water partition coefficient (Wildman–Crippen LogP) is 3.53. The minimum absolute atomic E-state index is 0.0642. The number of nitrogens with zero attached hydrogens (tertiary/aromatic N) is 3. The Morgan fingerprint density at radius 2 is 1.76 bits per heavy atom. The summed E-state index contributed by atoms with van der Waals surface area (Å²) in [6, 6.07) is 10.2. The number of aliphatic hydroxyl groups is 1. The Morgan fingerprint density at radius 3 is 2.32 bits per heavy atom. The maximum atomic E-state index is 13.1. The molecule has 11 nitrogen and oxygen atoms in total. The van der Waals surface area contributed by atoms with Crippen LogP contribution < -0.4 is 14.4 Å². The summed E-state index contributed by atoms with van der Waals surface area (Å²) in [5.41, 5.74) is 0.177. The first-order valence-corrected chi connectivity index (χ1v) is 9.98. The van der Waals surface area contributed by atoms with Crippen LogP contribution in [0.4, 0.5) is 11.5 Å². The zero-order valence-corrected chi connectivity index (χ0v) is 18.3. The number of hydrogen-bond donors (Lipinski definition) is 1. The third-order valence-electron chi connectivity index (χ3n) is 5.38. The van der Waals surface area contributed by atoms with Crippen molar-refractivity contribution in [2.24, 2.45) is 0 Å². The monoisotopic (exact) mass is 465 g/mol. The smallest absolute Gasteiger partial charge is 0.301 e. The van der Waals surface area contributed by atoms with E-state index in [0.29, 0.717) is 22.8 Å². The number of nitro groups is 1. The van der Waals surface area contributed by atoms with E-state index in [2.05, 4.69) is 5.16 Å². The Kier molecular flexibility index (Phi) is 5.76. The summed E-state index contributed by atoms with van der Waals surface area (Å²) in [5, 5.41) is 26.1. The first-order valence-electron chi connectivity index (χ1n) is 9.98. The second kappa shape index (κ2) is 8.70. The Balaban J connectivity index is 1.92. The fraction of sp³-hybridized carbons (Fsp3) is 0.174. The van der Waals surface area contributed by atoms with E-state index in [1.54, 1.807) is 13.0 Å². The lowest BCUT2D eigenvalue weighted by Crippen LogP contribution is -2.29. The van der Waals surface area contributed by atoms with E-state index >= 15 is 0 Å². The number of ether oxygens (including phenoxy) is 2. The maximum absolute atomic E-state index is 13.1. The fourth-order valence-electron chi connectivity index (χ4n) is 3.77. The van der Waals surface area contributed by atoms with Crippen LogP contribution in [0.15, 0.2) is 58.6 Å². The molecule has 0 aliphatic carbocycles. The number of rotatable bonds is 6. The van der Waals surface area contributed by atoms with E-state index in [-0.39, 0.29) is 22.6 Å². The molecule has 1 atom stereocenters. The molecule has 3 aromatic rings. The summed E-state index contributed by atoms with van der Waals surface area (Å²) < 4.78 is 15.6. The summed E-state index contributed by atoms with van der Waals surface area (Å²) in [7, 11) is 2.88. The number of anilines is 1. The third kappa shape index (κ3) is 3.72. The topological polar surface area (TPSA) is 145 Å². The number of carbonyl (C=O) groups is 2. The molecule has 4 rings (SSSR count). The van der Waals surface area contributed by atoms with Gasteiger partial charge >= 0.3 is 5.91 Å². The van der Waals surface area contributed by atoms with Crippen LogP contribution in [-0.2, 0) is 9.59 Å². The molecule has 1 saturated heterocycles. The highest BCUT2D eigenvalue weighted by molar-refractivity contribution is 6.51.